The number of nitrogens with one attached hydrogen (secondary N) is 1. The quantitative estimate of drug-likeness (QED) is 0.866. The fourth-order valence-electron chi connectivity index (χ4n) is 2.95. The van der Waals surface area contributed by atoms with Gasteiger partial charge in [0.15, 0.2) is 0 Å². The van der Waals surface area contributed by atoms with E-state index in [1.807, 2.05) is 12.1 Å². The Balaban J connectivity index is 1.89. The van der Waals surface area contributed by atoms with Crippen molar-refractivity contribution in [3.63, 3.8) is 0 Å². The van der Waals surface area contributed by atoms with Crippen LogP contribution in [0, 0.1) is 0 Å². The maximum absolute atomic E-state index is 11.5. The average Bonchev–Trinajstić information content (AvgIpc) is 2.38. The van der Waals surface area contributed by atoms with Gasteiger partial charge in [0.25, 0.3) is 0 Å². The molecule has 0 saturated carbocycles. The first-order valence-electron chi connectivity index (χ1n) is 6.85. The molecule has 0 radical (unpaired) electrons. The van der Waals surface area contributed by atoms with Crippen molar-refractivity contribution >= 4 is 5.97 Å². The van der Waals surface area contributed by atoms with Crippen molar-refractivity contribution in [3.8, 4) is 0 Å². The van der Waals surface area contributed by atoms with Gasteiger partial charge in [0.05, 0.1) is 13.2 Å². The van der Waals surface area contributed by atoms with Gasteiger partial charge in [-0.15, -0.1) is 0 Å². The van der Waals surface area contributed by atoms with E-state index < -0.39 is 11.4 Å². The molecule has 0 aliphatic carbocycles. The average molecular weight is 261 g/mol. The van der Waals surface area contributed by atoms with Gasteiger partial charge in [-0.3, -0.25) is 4.79 Å². The number of hydrogen-bond acceptors (Lipinski definition) is 3. The van der Waals surface area contributed by atoms with Crippen LogP contribution in [-0.4, -0.2) is 37.4 Å². The lowest BCUT2D eigenvalue weighted by molar-refractivity contribution is -0.163. The molecule has 2 aliphatic rings. The zero-order valence-electron chi connectivity index (χ0n) is 10.9. The zero-order chi connectivity index (χ0) is 13.3. The van der Waals surface area contributed by atoms with Gasteiger partial charge in [-0.2, -0.15) is 0 Å². The highest BCUT2D eigenvalue weighted by Crippen LogP contribution is 2.35. The molecule has 0 amide bonds. The first kappa shape index (κ1) is 12.6. The van der Waals surface area contributed by atoms with Crippen LogP contribution in [0.3, 0.4) is 0 Å². The Bertz CT molecular complexity index is 476. The van der Waals surface area contributed by atoms with Crippen LogP contribution in [0.15, 0.2) is 24.3 Å². The highest BCUT2D eigenvalue weighted by atomic mass is 16.5. The van der Waals surface area contributed by atoms with Crippen LogP contribution in [0.5, 0.6) is 0 Å². The number of aliphatic carboxylic acids is 1. The fraction of sp³-hybridized carbons (Fsp3) is 0.533. The molecule has 2 N–H and O–H groups in total. The molecule has 0 bridgehead atoms. The van der Waals surface area contributed by atoms with Crippen LogP contribution < -0.4 is 5.32 Å². The predicted octanol–water partition coefficient (Wildman–Crippen LogP) is 1.51. The molecule has 0 spiro atoms. The van der Waals surface area contributed by atoms with E-state index in [-0.39, 0.29) is 13.2 Å². The van der Waals surface area contributed by atoms with Crippen molar-refractivity contribution in [1.29, 1.82) is 0 Å². The molecule has 1 aromatic rings. The zero-order valence-corrected chi connectivity index (χ0v) is 10.9. The highest BCUT2D eigenvalue weighted by molar-refractivity contribution is 5.83. The van der Waals surface area contributed by atoms with Crippen LogP contribution in [0.2, 0.25) is 0 Å². The summed E-state index contributed by atoms with van der Waals surface area (Å²) in [5.74, 6) is -0.279. The minimum absolute atomic E-state index is 0.286. The van der Waals surface area contributed by atoms with E-state index in [0.717, 1.165) is 18.7 Å². The molecule has 2 fully saturated rings. The van der Waals surface area contributed by atoms with Crippen LogP contribution in [0.25, 0.3) is 0 Å². The van der Waals surface area contributed by atoms with Crippen molar-refractivity contribution in [2.45, 2.75) is 24.2 Å². The maximum atomic E-state index is 11.5. The van der Waals surface area contributed by atoms with E-state index in [1.165, 1.54) is 18.4 Å². The van der Waals surface area contributed by atoms with Crippen LogP contribution >= 0.6 is 0 Å². The standard InChI is InChI=1S/C15H19NO3/c17-14(18)15(9-19-10-15)13-5-1-3-11(7-13)12-4-2-6-16-8-12/h1,3,5,7,12,16H,2,4,6,8-10H2,(H,17,18). The number of carbonyl (C=O) groups is 1. The fourth-order valence-corrected chi connectivity index (χ4v) is 2.95. The summed E-state index contributed by atoms with van der Waals surface area (Å²) in [6.45, 7) is 2.65. The van der Waals surface area contributed by atoms with Crippen molar-refractivity contribution in [2.75, 3.05) is 26.3 Å². The van der Waals surface area contributed by atoms with Crippen molar-refractivity contribution < 1.29 is 14.6 Å². The Labute approximate surface area is 112 Å². The van der Waals surface area contributed by atoms with Gasteiger partial charge in [0.2, 0.25) is 0 Å². The van der Waals surface area contributed by atoms with E-state index in [0.29, 0.717) is 5.92 Å². The van der Waals surface area contributed by atoms with E-state index in [9.17, 15) is 9.90 Å². The van der Waals surface area contributed by atoms with Crippen LogP contribution in [-0.2, 0) is 14.9 Å². The summed E-state index contributed by atoms with van der Waals surface area (Å²) in [5.41, 5.74) is 1.31. The second-order valence-electron chi connectivity index (χ2n) is 5.55. The summed E-state index contributed by atoms with van der Waals surface area (Å²) in [4.78, 5) is 11.5. The summed E-state index contributed by atoms with van der Waals surface area (Å²) in [7, 11) is 0. The molecule has 0 aromatic heterocycles. The molecular formula is C15H19NO3. The molecule has 19 heavy (non-hydrogen) atoms. The van der Waals surface area contributed by atoms with E-state index in [2.05, 4.69) is 17.4 Å². The first-order chi connectivity index (χ1) is 9.22. The molecule has 3 rings (SSSR count). The highest BCUT2D eigenvalue weighted by Gasteiger charge is 2.48. The van der Waals surface area contributed by atoms with E-state index in [4.69, 9.17) is 4.74 Å². The summed E-state index contributed by atoms with van der Waals surface area (Å²) >= 11 is 0. The Kier molecular flexibility index (Phi) is 3.29. The number of rotatable bonds is 3. The Morgan fingerprint density at radius 2 is 2.26 bits per heavy atom. The van der Waals surface area contributed by atoms with Gasteiger partial charge in [0.1, 0.15) is 5.41 Å². The van der Waals surface area contributed by atoms with Gasteiger partial charge in [-0.25, -0.2) is 0 Å². The lowest BCUT2D eigenvalue weighted by Crippen LogP contribution is -2.53. The van der Waals surface area contributed by atoms with E-state index >= 15 is 0 Å². The molecule has 1 unspecified atom stereocenters. The molecule has 102 valence electrons. The third-order valence-electron chi connectivity index (χ3n) is 4.31. The van der Waals surface area contributed by atoms with Crippen LogP contribution in [0.1, 0.15) is 29.9 Å². The molecule has 2 heterocycles. The molecule has 4 nitrogen and oxygen atoms in total. The lowest BCUT2D eigenvalue weighted by atomic mass is 9.77. The predicted molar refractivity (Wildman–Crippen MR) is 71.4 cm³/mol. The Morgan fingerprint density at radius 1 is 1.42 bits per heavy atom. The minimum Gasteiger partial charge on any atom is -0.480 e. The van der Waals surface area contributed by atoms with Gasteiger partial charge >= 0.3 is 5.97 Å². The summed E-state index contributed by atoms with van der Waals surface area (Å²) in [6, 6.07) is 8.06. The number of ether oxygens (including phenoxy) is 1. The summed E-state index contributed by atoms with van der Waals surface area (Å²) in [6.07, 6.45) is 2.36. The van der Waals surface area contributed by atoms with E-state index in [1.54, 1.807) is 0 Å². The lowest BCUT2D eigenvalue weighted by Gasteiger charge is -2.38. The number of benzene rings is 1. The molecular weight excluding hydrogens is 242 g/mol. The SMILES string of the molecule is O=C(O)C1(c2cccc(C3CCCNC3)c2)COC1. The van der Waals surface area contributed by atoms with Crippen molar-refractivity contribution in [3.05, 3.63) is 35.4 Å². The number of carboxylic acid groups (broad SMARTS) is 1. The molecule has 2 saturated heterocycles. The molecule has 1 atom stereocenters. The minimum atomic E-state index is -0.821. The van der Waals surface area contributed by atoms with Crippen molar-refractivity contribution in [1.82, 2.24) is 5.32 Å². The largest absolute Gasteiger partial charge is 0.480 e. The van der Waals surface area contributed by atoms with Gasteiger partial charge < -0.3 is 15.2 Å². The first-order valence-corrected chi connectivity index (χ1v) is 6.85. The summed E-state index contributed by atoms with van der Waals surface area (Å²) < 4.78 is 5.15. The molecule has 1 aromatic carbocycles. The number of carboxylic acids is 1. The number of hydrogen-bond donors (Lipinski definition) is 2. The van der Waals surface area contributed by atoms with Crippen molar-refractivity contribution in [2.24, 2.45) is 0 Å². The maximum Gasteiger partial charge on any atom is 0.318 e. The Hall–Kier alpha value is -1.39. The Morgan fingerprint density at radius 3 is 2.84 bits per heavy atom. The second-order valence-corrected chi connectivity index (χ2v) is 5.55. The second kappa shape index (κ2) is 4.94. The topological polar surface area (TPSA) is 58.6 Å². The third-order valence-corrected chi connectivity index (χ3v) is 4.31. The third kappa shape index (κ3) is 2.15. The molecule has 4 heteroatoms. The normalized spacial score (nSPS) is 25.6. The van der Waals surface area contributed by atoms with Gasteiger partial charge in [-0.05, 0) is 36.4 Å². The summed E-state index contributed by atoms with van der Waals surface area (Å²) in [5, 5.41) is 12.8. The van der Waals surface area contributed by atoms with Crippen LogP contribution in [0.4, 0.5) is 0 Å². The number of piperidine rings is 1. The monoisotopic (exact) mass is 261 g/mol. The van der Waals surface area contributed by atoms with Gasteiger partial charge in [-0.1, -0.05) is 24.3 Å². The molecule has 2 aliphatic heterocycles. The van der Waals surface area contributed by atoms with Gasteiger partial charge in [0, 0.05) is 6.54 Å². The smallest absolute Gasteiger partial charge is 0.318 e.